The van der Waals surface area contributed by atoms with Gasteiger partial charge in [0.1, 0.15) is 6.67 Å². The quantitative estimate of drug-likeness (QED) is 0.744. The molecule has 0 aromatic carbocycles. The van der Waals surface area contributed by atoms with Crippen molar-refractivity contribution in [1.29, 1.82) is 0 Å². The lowest BCUT2D eigenvalue weighted by Crippen LogP contribution is -1.95. The number of aromatic nitrogens is 2. The van der Waals surface area contributed by atoms with E-state index in [1.54, 1.807) is 10.6 Å². The molecule has 2 nitrogen and oxygen atoms in total. The SMILES string of the molecule is CC(C)c1cc(F)c2nc(CF)cn2c1. The molecule has 0 fully saturated rings. The Kier molecular flexibility index (Phi) is 2.42. The van der Waals surface area contributed by atoms with E-state index < -0.39 is 12.5 Å². The summed E-state index contributed by atoms with van der Waals surface area (Å²) in [6.45, 7) is 3.29. The van der Waals surface area contributed by atoms with E-state index in [1.807, 2.05) is 13.8 Å². The van der Waals surface area contributed by atoms with E-state index in [9.17, 15) is 8.78 Å². The smallest absolute Gasteiger partial charge is 0.173 e. The second-order valence-corrected chi connectivity index (χ2v) is 3.87. The van der Waals surface area contributed by atoms with Crippen LogP contribution in [0.1, 0.15) is 31.0 Å². The molecule has 4 heteroatoms. The molecule has 0 bridgehead atoms. The highest BCUT2D eigenvalue weighted by molar-refractivity contribution is 5.43. The minimum Gasteiger partial charge on any atom is -0.304 e. The van der Waals surface area contributed by atoms with Gasteiger partial charge in [0.2, 0.25) is 0 Å². The van der Waals surface area contributed by atoms with Crippen LogP contribution in [0.15, 0.2) is 18.5 Å². The van der Waals surface area contributed by atoms with Crippen molar-refractivity contribution in [3.8, 4) is 0 Å². The average Bonchev–Trinajstić information content (AvgIpc) is 2.61. The first-order valence-electron chi connectivity index (χ1n) is 4.85. The van der Waals surface area contributed by atoms with Crippen molar-refractivity contribution in [3.05, 3.63) is 35.5 Å². The maximum Gasteiger partial charge on any atom is 0.173 e. The Bertz CT molecular complexity index is 489. The average molecular weight is 210 g/mol. The molecule has 0 saturated carbocycles. The molecule has 0 unspecified atom stereocenters. The Morgan fingerprint density at radius 2 is 2.13 bits per heavy atom. The molecule has 2 aromatic rings. The van der Waals surface area contributed by atoms with Gasteiger partial charge in [-0.05, 0) is 17.5 Å². The van der Waals surface area contributed by atoms with Gasteiger partial charge in [0.05, 0.1) is 5.69 Å². The molecule has 80 valence electrons. The van der Waals surface area contributed by atoms with E-state index in [1.165, 1.54) is 12.3 Å². The number of alkyl halides is 1. The molecule has 0 aliphatic rings. The van der Waals surface area contributed by atoms with Gasteiger partial charge in [-0.1, -0.05) is 13.8 Å². The Labute approximate surface area is 86.6 Å². The van der Waals surface area contributed by atoms with Crippen molar-refractivity contribution < 1.29 is 8.78 Å². The summed E-state index contributed by atoms with van der Waals surface area (Å²) in [7, 11) is 0. The Hall–Kier alpha value is -1.45. The molecule has 0 atom stereocenters. The van der Waals surface area contributed by atoms with Gasteiger partial charge in [0.25, 0.3) is 0 Å². The summed E-state index contributed by atoms with van der Waals surface area (Å²) in [4.78, 5) is 3.84. The van der Waals surface area contributed by atoms with Gasteiger partial charge in [0.15, 0.2) is 11.5 Å². The van der Waals surface area contributed by atoms with E-state index in [-0.39, 0.29) is 17.3 Å². The molecule has 0 saturated heterocycles. The van der Waals surface area contributed by atoms with Crippen LogP contribution in [0.5, 0.6) is 0 Å². The molecule has 2 aromatic heterocycles. The number of halogens is 2. The largest absolute Gasteiger partial charge is 0.304 e. The Balaban J connectivity index is 2.65. The van der Waals surface area contributed by atoms with Crippen LogP contribution in [0.3, 0.4) is 0 Å². The van der Waals surface area contributed by atoms with Crippen LogP contribution in [0.2, 0.25) is 0 Å². The standard InChI is InChI=1S/C11H12F2N2/c1-7(2)8-3-10(13)11-14-9(4-12)6-15(11)5-8/h3,5-7H,4H2,1-2H3. The molecular formula is C11H12F2N2. The van der Waals surface area contributed by atoms with Gasteiger partial charge in [-0.15, -0.1) is 0 Å². The topological polar surface area (TPSA) is 17.3 Å². The van der Waals surface area contributed by atoms with E-state index >= 15 is 0 Å². The fraction of sp³-hybridized carbons (Fsp3) is 0.364. The zero-order chi connectivity index (χ0) is 11.0. The number of hydrogen-bond donors (Lipinski definition) is 0. The van der Waals surface area contributed by atoms with Crippen LogP contribution < -0.4 is 0 Å². The van der Waals surface area contributed by atoms with Crippen molar-refractivity contribution in [2.75, 3.05) is 0 Å². The van der Waals surface area contributed by atoms with Crippen molar-refractivity contribution in [2.24, 2.45) is 0 Å². The zero-order valence-electron chi connectivity index (χ0n) is 8.67. The summed E-state index contributed by atoms with van der Waals surface area (Å²) < 4.78 is 27.4. The summed E-state index contributed by atoms with van der Waals surface area (Å²) >= 11 is 0. The first kappa shape index (κ1) is 10.1. The zero-order valence-corrected chi connectivity index (χ0v) is 8.67. The summed E-state index contributed by atoms with van der Waals surface area (Å²) in [6.07, 6.45) is 3.31. The van der Waals surface area contributed by atoms with Crippen molar-refractivity contribution >= 4 is 5.65 Å². The number of pyridine rings is 1. The van der Waals surface area contributed by atoms with Gasteiger partial charge >= 0.3 is 0 Å². The number of hydrogen-bond acceptors (Lipinski definition) is 1. The Morgan fingerprint density at radius 3 is 2.73 bits per heavy atom. The number of imidazole rings is 1. The van der Waals surface area contributed by atoms with Gasteiger partial charge in [-0.2, -0.15) is 0 Å². The molecule has 2 heterocycles. The van der Waals surface area contributed by atoms with Crippen molar-refractivity contribution in [3.63, 3.8) is 0 Å². The molecule has 0 N–H and O–H groups in total. The predicted molar refractivity (Wildman–Crippen MR) is 54.1 cm³/mol. The summed E-state index contributed by atoms with van der Waals surface area (Å²) in [5, 5.41) is 0. The lowest BCUT2D eigenvalue weighted by molar-refractivity contribution is 0.477. The highest BCUT2D eigenvalue weighted by atomic mass is 19.1. The van der Waals surface area contributed by atoms with Gasteiger partial charge < -0.3 is 4.40 Å². The maximum atomic E-state index is 13.6. The summed E-state index contributed by atoms with van der Waals surface area (Å²) in [5.41, 5.74) is 1.32. The normalized spacial score (nSPS) is 11.5. The monoisotopic (exact) mass is 210 g/mol. The van der Waals surface area contributed by atoms with Crippen LogP contribution in [0.4, 0.5) is 8.78 Å². The number of fused-ring (bicyclic) bond motifs is 1. The fourth-order valence-corrected chi connectivity index (χ4v) is 1.51. The fourth-order valence-electron chi connectivity index (χ4n) is 1.51. The third kappa shape index (κ3) is 1.71. The minimum absolute atomic E-state index is 0.187. The molecule has 0 aliphatic carbocycles. The second kappa shape index (κ2) is 3.61. The maximum absolute atomic E-state index is 13.6. The third-order valence-corrected chi connectivity index (χ3v) is 2.38. The molecule has 0 radical (unpaired) electrons. The number of nitrogens with zero attached hydrogens (tertiary/aromatic N) is 2. The highest BCUT2D eigenvalue weighted by Crippen LogP contribution is 2.19. The van der Waals surface area contributed by atoms with Crippen LogP contribution in [0, 0.1) is 5.82 Å². The first-order chi connectivity index (χ1) is 7.11. The van der Waals surface area contributed by atoms with Crippen LogP contribution >= 0.6 is 0 Å². The lowest BCUT2D eigenvalue weighted by Gasteiger charge is -2.06. The van der Waals surface area contributed by atoms with Gasteiger partial charge in [-0.25, -0.2) is 13.8 Å². The molecule has 2 rings (SSSR count). The first-order valence-corrected chi connectivity index (χ1v) is 4.85. The van der Waals surface area contributed by atoms with Crippen LogP contribution in [-0.2, 0) is 6.67 Å². The van der Waals surface area contributed by atoms with Crippen LogP contribution in [0.25, 0.3) is 5.65 Å². The van der Waals surface area contributed by atoms with Crippen LogP contribution in [-0.4, -0.2) is 9.38 Å². The highest BCUT2D eigenvalue weighted by Gasteiger charge is 2.09. The van der Waals surface area contributed by atoms with E-state index in [2.05, 4.69) is 4.98 Å². The molecular weight excluding hydrogens is 198 g/mol. The second-order valence-electron chi connectivity index (χ2n) is 3.87. The molecule has 0 amide bonds. The van der Waals surface area contributed by atoms with E-state index in [4.69, 9.17) is 0 Å². The van der Waals surface area contributed by atoms with Gasteiger partial charge in [0, 0.05) is 12.4 Å². The van der Waals surface area contributed by atoms with Crippen molar-refractivity contribution in [1.82, 2.24) is 9.38 Å². The summed E-state index contributed by atoms with van der Waals surface area (Å²) in [5.74, 6) is -0.166. The molecule has 15 heavy (non-hydrogen) atoms. The molecule has 0 spiro atoms. The Morgan fingerprint density at radius 1 is 1.40 bits per heavy atom. The molecule has 0 aliphatic heterocycles. The van der Waals surface area contributed by atoms with E-state index in [0.29, 0.717) is 0 Å². The predicted octanol–water partition coefficient (Wildman–Crippen LogP) is 3.07. The van der Waals surface area contributed by atoms with E-state index in [0.717, 1.165) is 5.56 Å². The van der Waals surface area contributed by atoms with Crippen molar-refractivity contribution in [2.45, 2.75) is 26.4 Å². The van der Waals surface area contributed by atoms with Gasteiger partial charge in [-0.3, -0.25) is 0 Å². The minimum atomic E-state index is -0.669. The number of rotatable bonds is 2. The lowest BCUT2D eigenvalue weighted by atomic mass is 10.1. The summed E-state index contributed by atoms with van der Waals surface area (Å²) in [6, 6.07) is 1.45. The third-order valence-electron chi connectivity index (χ3n) is 2.38.